The van der Waals surface area contributed by atoms with Crippen LogP contribution in [0, 0.1) is 3.57 Å². The van der Waals surface area contributed by atoms with Crippen LogP contribution < -0.4 is 0 Å². The van der Waals surface area contributed by atoms with E-state index in [0.717, 1.165) is 9.13 Å². The summed E-state index contributed by atoms with van der Waals surface area (Å²) in [6.07, 6.45) is 4.31. The topological polar surface area (TPSA) is 23.2 Å². The zero-order chi connectivity index (χ0) is 15.9. The highest BCUT2D eigenvalue weighted by atomic mass is 127. The molecule has 0 atom stereocenters. The smallest absolute Gasteiger partial charge is 0.209 e. The van der Waals surface area contributed by atoms with Gasteiger partial charge in [0.25, 0.3) is 0 Å². The number of aromatic hydroxyl groups is 1. The van der Waals surface area contributed by atoms with E-state index in [1.165, 1.54) is 17.0 Å². The molecule has 0 aliphatic carbocycles. The summed E-state index contributed by atoms with van der Waals surface area (Å²) in [7, 11) is 2.12. The van der Waals surface area contributed by atoms with Gasteiger partial charge >= 0.3 is 0 Å². The number of hydrogen-bond acceptors (Lipinski definition) is 1. The Bertz CT molecular complexity index is 803. The molecule has 0 amide bonds. The Labute approximate surface area is 145 Å². The van der Waals surface area contributed by atoms with Gasteiger partial charge in [0.15, 0.2) is 5.71 Å². The average molecular weight is 404 g/mol. The minimum absolute atomic E-state index is 0.00972. The van der Waals surface area contributed by atoms with Crippen molar-refractivity contribution in [1.29, 1.82) is 0 Å². The van der Waals surface area contributed by atoms with Crippen LogP contribution in [0.3, 0.4) is 0 Å². The Morgan fingerprint density at radius 3 is 2.50 bits per heavy atom. The largest absolute Gasteiger partial charge is 0.508 e. The van der Waals surface area contributed by atoms with Gasteiger partial charge in [-0.15, -0.1) is 0 Å². The number of nitrogens with zero attached hydrogens (tertiary/aromatic N) is 1. The van der Waals surface area contributed by atoms with Gasteiger partial charge in [-0.25, -0.2) is 0 Å². The molecule has 3 rings (SSSR count). The van der Waals surface area contributed by atoms with E-state index in [1.54, 1.807) is 12.1 Å². The highest BCUT2D eigenvalue weighted by Crippen LogP contribution is 2.39. The van der Waals surface area contributed by atoms with Gasteiger partial charge in [-0.3, -0.25) is 0 Å². The maximum Gasteiger partial charge on any atom is 0.209 e. The third-order valence-corrected chi connectivity index (χ3v) is 5.28. The second-order valence-electron chi connectivity index (χ2n) is 6.13. The van der Waals surface area contributed by atoms with Gasteiger partial charge in [0.2, 0.25) is 5.69 Å². The fourth-order valence-corrected chi connectivity index (χ4v) is 3.80. The molecule has 0 aromatic heterocycles. The summed E-state index contributed by atoms with van der Waals surface area (Å²) in [6.45, 7) is 4.52. The number of para-hydroxylation sites is 1. The lowest BCUT2D eigenvalue weighted by Crippen LogP contribution is -2.26. The first-order valence-corrected chi connectivity index (χ1v) is 8.36. The lowest BCUT2D eigenvalue weighted by atomic mass is 9.81. The van der Waals surface area contributed by atoms with Crippen LogP contribution in [0.1, 0.15) is 25.0 Å². The first-order valence-electron chi connectivity index (χ1n) is 7.28. The van der Waals surface area contributed by atoms with Crippen molar-refractivity contribution in [3.63, 3.8) is 0 Å². The van der Waals surface area contributed by atoms with Gasteiger partial charge in [-0.1, -0.05) is 24.3 Å². The number of fused-ring (bicyclic) bond motifs is 1. The van der Waals surface area contributed by atoms with Gasteiger partial charge in [-0.05, 0) is 60.2 Å². The molecule has 1 aliphatic rings. The fourth-order valence-electron chi connectivity index (χ4n) is 3.12. The van der Waals surface area contributed by atoms with E-state index < -0.39 is 0 Å². The van der Waals surface area contributed by atoms with Crippen molar-refractivity contribution in [3.05, 3.63) is 63.2 Å². The molecule has 22 heavy (non-hydrogen) atoms. The number of rotatable bonds is 2. The Kier molecular flexibility index (Phi) is 3.85. The average Bonchev–Trinajstić information content (AvgIpc) is 2.67. The fraction of sp³-hybridized carbons (Fsp3) is 0.211. The second kappa shape index (κ2) is 5.54. The normalized spacial score (nSPS) is 16.4. The molecule has 1 N–H and O–H groups in total. The van der Waals surface area contributed by atoms with Crippen LogP contribution in [0.25, 0.3) is 6.08 Å². The van der Waals surface area contributed by atoms with Gasteiger partial charge in [-0.2, -0.15) is 4.58 Å². The van der Waals surface area contributed by atoms with Gasteiger partial charge in [0.1, 0.15) is 12.8 Å². The SMILES string of the molecule is C[N+]1=C(/C=C/c2ccc(O)cc2I)C(C)(C)c2ccccc21. The molecule has 112 valence electrons. The van der Waals surface area contributed by atoms with Crippen LogP contribution in [-0.4, -0.2) is 22.4 Å². The summed E-state index contributed by atoms with van der Waals surface area (Å²) in [5.41, 5.74) is 5.01. The zero-order valence-corrected chi connectivity index (χ0v) is 15.1. The van der Waals surface area contributed by atoms with E-state index in [2.05, 4.69) is 84.5 Å². The van der Waals surface area contributed by atoms with Crippen molar-refractivity contribution in [2.24, 2.45) is 0 Å². The van der Waals surface area contributed by atoms with E-state index in [1.807, 2.05) is 6.07 Å². The highest BCUT2D eigenvalue weighted by Gasteiger charge is 2.42. The molecule has 2 aromatic rings. The molecule has 0 bridgehead atoms. The molecular formula is C19H19INO+. The maximum absolute atomic E-state index is 9.52. The summed E-state index contributed by atoms with van der Waals surface area (Å²) in [5, 5.41) is 9.52. The van der Waals surface area contributed by atoms with E-state index in [4.69, 9.17) is 0 Å². The second-order valence-corrected chi connectivity index (χ2v) is 7.29. The standard InChI is InChI=1S/C19H18INO/c1-19(2)15-6-4-5-7-17(15)21(3)18(19)11-9-13-8-10-14(22)12-16(13)20/h4-12H,1-3H3/p+1. The third kappa shape index (κ3) is 2.47. The van der Waals surface area contributed by atoms with Crippen molar-refractivity contribution in [1.82, 2.24) is 0 Å². The van der Waals surface area contributed by atoms with Gasteiger partial charge in [0.05, 0.1) is 5.41 Å². The van der Waals surface area contributed by atoms with Crippen molar-refractivity contribution < 1.29 is 9.68 Å². The molecule has 3 heteroatoms. The van der Waals surface area contributed by atoms with Crippen LogP contribution in [-0.2, 0) is 5.41 Å². The van der Waals surface area contributed by atoms with Crippen molar-refractivity contribution in [3.8, 4) is 5.75 Å². The van der Waals surface area contributed by atoms with Crippen molar-refractivity contribution in [2.45, 2.75) is 19.3 Å². The van der Waals surface area contributed by atoms with E-state index in [0.29, 0.717) is 5.75 Å². The van der Waals surface area contributed by atoms with E-state index in [9.17, 15) is 5.11 Å². The molecule has 0 saturated heterocycles. The molecular weight excluding hydrogens is 385 g/mol. The van der Waals surface area contributed by atoms with Crippen LogP contribution in [0.5, 0.6) is 5.75 Å². The van der Waals surface area contributed by atoms with Crippen LogP contribution in [0.2, 0.25) is 0 Å². The Hall–Kier alpha value is -1.62. The van der Waals surface area contributed by atoms with Gasteiger partial charge < -0.3 is 5.11 Å². The molecule has 2 nitrogen and oxygen atoms in total. The number of benzene rings is 2. The summed E-state index contributed by atoms with van der Waals surface area (Å²) in [5.74, 6) is 0.305. The minimum Gasteiger partial charge on any atom is -0.508 e. The van der Waals surface area contributed by atoms with Crippen molar-refractivity contribution >= 4 is 40.1 Å². The quantitative estimate of drug-likeness (QED) is 0.569. The molecule has 0 radical (unpaired) electrons. The lowest BCUT2D eigenvalue weighted by molar-refractivity contribution is -0.401. The molecule has 0 saturated carbocycles. The summed E-state index contributed by atoms with van der Waals surface area (Å²) in [4.78, 5) is 0. The van der Waals surface area contributed by atoms with Crippen LogP contribution in [0.4, 0.5) is 5.69 Å². The number of allylic oxidation sites excluding steroid dienone is 1. The zero-order valence-electron chi connectivity index (χ0n) is 13.0. The summed E-state index contributed by atoms with van der Waals surface area (Å²) < 4.78 is 3.31. The number of hydrogen-bond donors (Lipinski definition) is 1. The molecule has 1 aliphatic heterocycles. The first-order chi connectivity index (χ1) is 10.4. The number of phenols is 1. The van der Waals surface area contributed by atoms with Crippen LogP contribution in [0.15, 0.2) is 48.5 Å². The summed E-state index contributed by atoms with van der Waals surface area (Å²) in [6, 6.07) is 14.0. The Morgan fingerprint density at radius 2 is 1.82 bits per heavy atom. The lowest BCUT2D eigenvalue weighted by Gasteiger charge is -2.15. The monoisotopic (exact) mass is 404 g/mol. The number of phenolic OH excluding ortho intramolecular Hbond substituents is 1. The van der Waals surface area contributed by atoms with Crippen molar-refractivity contribution in [2.75, 3.05) is 7.05 Å². The molecule has 0 unspecified atom stereocenters. The van der Waals surface area contributed by atoms with Crippen LogP contribution >= 0.6 is 22.6 Å². The highest BCUT2D eigenvalue weighted by molar-refractivity contribution is 14.1. The van der Waals surface area contributed by atoms with E-state index in [-0.39, 0.29) is 5.41 Å². The van der Waals surface area contributed by atoms with Gasteiger partial charge in [0, 0.05) is 21.3 Å². The first kappa shape index (κ1) is 15.3. The Balaban J connectivity index is 2.02. The predicted molar refractivity (Wildman–Crippen MR) is 100 cm³/mol. The molecule has 0 fully saturated rings. The predicted octanol–water partition coefficient (Wildman–Crippen LogP) is 4.72. The minimum atomic E-state index is -0.00972. The maximum atomic E-state index is 9.52. The molecule has 1 heterocycles. The number of halogens is 1. The molecule has 0 spiro atoms. The summed E-state index contributed by atoms with van der Waals surface area (Å²) >= 11 is 2.25. The molecule has 2 aromatic carbocycles. The third-order valence-electron chi connectivity index (χ3n) is 4.35. The van der Waals surface area contributed by atoms with E-state index >= 15 is 0 Å². The Morgan fingerprint density at radius 1 is 1.09 bits per heavy atom.